The van der Waals surface area contributed by atoms with E-state index in [9.17, 15) is 28.5 Å². The maximum atomic E-state index is 13.3. The lowest BCUT2D eigenvalue weighted by Gasteiger charge is -2.24. The average molecular weight is 828 g/mol. The fourth-order valence-corrected chi connectivity index (χ4v) is 9.96. The van der Waals surface area contributed by atoms with Gasteiger partial charge in [0.1, 0.15) is 42.0 Å². The molecule has 284 valence electrons. The summed E-state index contributed by atoms with van der Waals surface area (Å²) in [7, 11) is -4.42. The molecule has 0 saturated carbocycles. The average Bonchev–Trinajstić information content (AvgIpc) is 3.95. The number of halogens is 4. The molecule has 4 saturated heterocycles. The second-order valence-electron chi connectivity index (χ2n) is 13.8. The molecule has 0 unspecified atom stereocenters. The minimum atomic E-state index is -4.42. The van der Waals surface area contributed by atoms with Crippen LogP contribution >= 0.6 is 46.4 Å². The summed E-state index contributed by atoms with van der Waals surface area (Å²) in [5.74, 6) is 0.0869. The van der Waals surface area contributed by atoms with Crippen molar-refractivity contribution < 1.29 is 27.5 Å². The van der Waals surface area contributed by atoms with Crippen molar-refractivity contribution in [2.75, 3.05) is 26.3 Å². The third-order valence-corrected chi connectivity index (χ3v) is 12.7. The number of hydrogen-bond donors (Lipinski definition) is 3. The van der Waals surface area contributed by atoms with E-state index in [2.05, 4.69) is 22.8 Å². The summed E-state index contributed by atoms with van der Waals surface area (Å²) < 4.78 is 38.6. The number of sulfonamides is 1. The van der Waals surface area contributed by atoms with Crippen LogP contribution in [0.5, 0.6) is 11.5 Å². The Morgan fingerprint density at radius 1 is 0.736 bits per heavy atom. The Hall–Kier alpha value is -3.05. The number of nitrogens with two attached hydrogens (primary N) is 1. The zero-order chi connectivity index (χ0) is 38.0. The zero-order valence-electron chi connectivity index (χ0n) is 28.6. The van der Waals surface area contributed by atoms with Crippen molar-refractivity contribution in [1.29, 1.82) is 10.5 Å². The van der Waals surface area contributed by atoms with Crippen LogP contribution in [0.3, 0.4) is 0 Å². The van der Waals surface area contributed by atoms with Gasteiger partial charge in [-0.2, -0.15) is 10.5 Å². The summed E-state index contributed by atoms with van der Waals surface area (Å²) in [5, 5.41) is 29.9. The quantitative estimate of drug-likeness (QED) is 0.286. The van der Waals surface area contributed by atoms with E-state index in [1.54, 1.807) is 9.80 Å². The monoisotopic (exact) mass is 825 g/mol. The molecule has 0 radical (unpaired) electrons. The minimum absolute atomic E-state index is 0.000300. The molecule has 4 heterocycles. The predicted octanol–water partition coefficient (Wildman–Crippen LogP) is 4.71. The van der Waals surface area contributed by atoms with E-state index < -0.39 is 39.4 Å². The molecule has 13 nitrogen and oxygen atoms in total. The minimum Gasteiger partial charge on any atom is -0.490 e. The number of rotatable bonds is 11. The van der Waals surface area contributed by atoms with Crippen LogP contribution in [0.1, 0.15) is 67.7 Å². The van der Waals surface area contributed by atoms with E-state index >= 15 is 0 Å². The number of nitriles is 2. The molecule has 0 bridgehead atoms. The number of amides is 2. The lowest BCUT2D eigenvalue weighted by molar-refractivity contribution is -0.133. The number of nitrogens with zero attached hydrogens (tertiary/aromatic N) is 4. The summed E-state index contributed by atoms with van der Waals surface area (Å²) in [4.78, 5) is 29.4. The zero-order valence-corrected chi connectivity index (χ0v) is 32.4. The third kappa shape index (κ3) is 8.77. The highest BCUT2D eigenvalue weighted by Crippen LogP contribution is 2.44. The molecule has 6 rings (SSSR count). The number of likely N-dealkylation sites (tertiary alicyclic amines) is 2. The van der Waals surface area contributed by atoms with E-state index in [0.29, 0.717) is 51.6 Å². The highest BCUT2D eigenvalue weighted by Gasteiger charge is 2.39. The molecule has 0 aliphatic carbocycles. The normalized spacial score (nSPS) is 25.8. The molecular weight excluding hydrogens is 788 g/mol. The highest BCUT2D eigenvalue weighted by molar-refractivity contribution is 7.89. The van der Waals surface area contributed by atoms with Crippen molar-refractivity contribution in [3.05, 3.63) is 55.5 Å². The fraction of sp³-hybridized carbons (Fsp3) is 0.543. The van der Waals surface area contributed by atoms with E-state index in [0.717, 1.165) is 12.8 Å². The van der Waals surface area contributed by atoms with Gasteiger partial charge in [-0.3, -0.25) is 20.2 Å². The SMILES string of the molecule is N#C[C@@H]1CCCN1C(=O)[C@@H]1CC[C@H](COc2cc(C(c3cc(OC[C@H]4CC[C@@H](C(=O)N5CCC[C@H]5C#N)N4)c(Cl)cc3Cl)S(N)(=O)=O)c(Cl)cc2Cl)N1. The summed E-state index contributed by atoms with van der Waals surface area (Å²) in [6.07, 6.45) is 5.34. The maximum Gasteiger partial charge on any atom is 0.240 e. The number of benzene rings is 2. The molecule has 53 heavy (non-hydrogen) atoms. The first-order valence-electron chi connectivity index (χ1n) is 17.5. The molecule has 4 aliphatic heterocycles. The first-order valence-corrected chi connectivity index (χ1v) is 20.6. The lowest BCUT2D eigenvalue weighted by atomic mass is 10.0. The third-order valence-electron chi connectivity index (χ3n) is 10.3. The number of carbonyl (C=O) groups is 2. The predicted molar refractivity (Wildman–Crippen MR) is 199 cm³/mol. The maximum absolute atomic E-state index is 13.3. The van der Waals surface area contributed by atoms with Crippen molar-refractivity contribution in [3.63, 3.8) is 0 Å². The Bertz CT molecular complexity index is 1820. The summed E-state index contributed by atoms with van der Waals surface area (Å²) >= 11 is 26.2. The largest absolute Gasteiger partial charge is 0.490 e. The van der Waals surface area contributed by atoms with Crippen molar-refractivity contribution in [1.82, 2.24) is 20.4 Å². The van der Waals surface area contributed by atoms with E-state index in [1.807, 2.05) is 0 Å². The number of hydrogen-bond acceptors (Lipinski definition) is 10. The van der Waals surface area contributed by atoms with Gasteiger partial charge in [-0.25, -0.2) is 13.6 Å². The first-order chi connectivity index (χ1) is 25.3. The summed E-state index contributed by atoms with van der Waals surface area (Å²) in [5.41, 5.74) is 0.119. The molecule has 2 amide bonds. The van der Waals surface area contributed by atoms with Gasteiger partial charge in [0, 0.05) is 35.2 Å². The van der Waals surface area contributed by atoms with Crippen LogP contribution in [-0.2, 0) is 19.6 Å². The van der Waals surface area contributed by atoms with Crippen molar-refractivity contribution >= 4 is 68.2 Å². The number of ether oxygens (including phenoxy) is 2. The van der Waals surface area contributed by atoms with Crippen LogP contribution in [0.25, 0.3) is 0 Å². The van der Waals surface area contributed by atoms with Gasteiger partial charge in [0.05, 0.1) is 34.3 Å². The van der Waals surface area contributed by atoms with Crippen molar-refractivity contribution in [2.45, 2.75) is 92.9 Å². The molecule has 0 spiro atoms. The lowest BCUT2D eigenvalue weighted by Crippen LogP contribution is -2.47. The topological polar surface area (TPSA) is 191 Å². The van der Waals surface area contributed by atoms with Gasteiger partial charge in [-0.05, 0) is 86.8 Å². The number of carbonyl (C=O) groups excluding carboxylic acids is 2. The summed E-state index contributed by atoms with van der Waals surface area (Å²) in [6, 6.07) is 7.80. The molecule has 2 aromatic carbocycles. The second-order valence-corrected chi connectivity index (χ2v) is 17.1. The standard InChI is InChI=1S/C35H39Cl4N7O6S/c36-25-13-27(38)31(51-17-19-5-7-29(43-19)34(47)45-9-1-3-21(45)15-40)11-23(25)33(53(42,49)50)24-12-32(28(39)14-26(24)37)52-18-20-6-8-30(44-20)35(48)46-10-2-4-22(46)16-41/h11-14,19-22,29-30,33,43-44H,1-10,17-18H2,(H2,42,49,50)/t19-,20-,21+,22+,29+,30+/m1/s1. The van der Waals surface area contributed by atoms with Gasteiger partial charge >= 0.3 is 0 Å². The van der Waals surface area contributed by atoms with Crippen LogP contribution in [-0.4, -0.2) is 92.6 Å². The van der Waals surface area contributed by atoms with Gasteiger partial charge in [-0.15, -0.1) is 0 Å². The molecule has 6 atom stereocenters. The van der Waals surface area contributed by atoms with Gasteiger partial charge in [0.15, 0.2) is 0 Å². The Labute approximate surface area is 328 Å². The fourth-order valence-electron chi connectivity index (χ4n) is 7.64. The van der Waals surface area contributed by atoms with Crippen LogP contribution < -0.4 is 25.2 Å². The molecule has 2 aromatic rings. The van der Waals surface area contributed by atoms with E-state index in [4.69, 9.17) is 61.0 Å². The van der Waals surface area contributed by atoms with Crippen molar-refractivity contribution in [2.24, 2.45) is 5.14 Å². The Morgan fingerprint density at radius 2 is 1.15 bits per heavy atom. The Balaban J connectivity index is 1.15. The summed E-state index contributed by atoms with van der Waals surface area (Å²) in [6.45, 7) is 1.34. The molecule has 4 aliphatic rings. The molecule has 18 heteroatoms. The van der Waals surface area contributed by atoms with Gasteiger partial charge in [-0.1, -0.05) is 46.4 Å². The second kappa shape index (κ2) is 16.8. The van der Waals surface area contributed by atoms with Gasteiger partial charge in [0.25, 0.3) is 0 Å². The van der Waals surface area contributed by atoms with E-state index in [-0.39, 0.29) is 79.8 Å². The highest BCUT2D eigenvalue weighted by atomic mass is 35.5. The molecule has 0 aromatic heterocycles. The van der Waals surface area contributed by atoms with Crippen LogP contribution in [0, 0.1) is 22.7 Å². The number of nitrogens with one attached hydrogen (secondary N) is 2. The van der Waals surface area contributed by atoms with Gasteiger partial charge < -0.3 is 19.3 Å². The van der Waals surface area contributed by atoms with Crippen LogP contribution in [0.15, 0.2) is 24.3 Å². The van der Waals surface area contributed by atoms with Crippen LogP contribution in [0.4, 0.5) is 0 Å². The van der Waals surface area contributed by atoms with Gasteiger partial charge in [0.2, 0.25) is 21.8 Å². The first kappa shape index (κ1) is 39.6. The molecule has 4 fully saturated rings. The molecular formula is C35H39Cl4N7O6S. The van der Waals surface area contributed by atoms with Crippen molar-refractivity contribution in [3.8, 4) is 23.6 Å². The Kier molecular flexibility index (Phi) is 12.5. The van der Waals surface area contributed by atoms with Crippen LogP contribution in [0.2, 0.25) is 20.1 Å². The smallest absolute Gasteiger partial charge is 0.240 e. The van der Waals surface area contributed by atoms with E-state index in [1.165, 1.54) is 24.3 Å². The Morgan fingerprint density at radius 3 is 1.53 bits per heavy atom. The number of primary sulfonamides is 1. The molecule has 4 N–H and O–H groups in total.